The van der Waals surface area contributed by atoms with E-state index in [1.54, 1.807) is 7.11 Å². The van der Waals surface area contributed by atoms with Crippen LogP contribution in [0.25, 0.3) is 0 Å². The molecule has 1 unspecified atom stereocenters. The van der Waals surface area contributed by atoms with E-state index in [-0.39, 0.29) is 6.10 Å². The molecule has 0 saturated heterocycles. The maximum absolute atomic E-state index is 9.85. The standard InChI is InChI=1S/C12H16O2/c1-7-6-11(14-3)9-4-5-10(13)12(9)8(7)2/h6,10,13H,4-5H2,1-3H3. The fourth-order valence-electron chi connectivity index (χ4n) is 2.28. The average molecular weight is 192 g/mol. The Balaban J connectivity index is 2.66. The number of aliphatic hydroxyl groups excluding tert-OH is 1. The summed E-state index contributed by atoms with van der Waals surface area (Å²) in [5.41, 5.74) is 4.71. The van der Waals surface area contributed by atoms with E-state index in [0.29, 0.717) is 0 Å². The van der Waals surface area contributed by atoms with Gasteiger partial charge in [0.1, 0.15) is 5.75 Å². The highest BCUT2D eigenvalue weighted by Gasteiger charge is 2.26. The van der Waals surface area contributed by atoms with Crippen LogP contribution in [0.5, 0.6) is 5.75 Å². The molecule has 76 valence electrons. The van der Waals surface area contributed by atoms with Crippen LogP contribution in [-0.4, -0.2) is 12.2 Å². The first-order chi connectivity index (χ1) is 6.65. The monoisotopic (exact) mass is 192 g/mol. The van der Waals surface area contributed by atoms with Crippen LogP contribution in [0.2, 0.25) is 0 Å². The number of ether oxygens (including phenoxy) is 1. The molecule has 0 saturated carbocycles. The van der Waals surface area contributed by atoms with Crippen LogP contribution in [0.4, 0.5) is 0 Å². The summed E-state index contributed by atoms with van der Waals surface area (Å²) in [5.74, 6) is 0.930. The van der Waals surface area contributed by atoms with Gasteiger partial charge in [-0.3, -0.25) is 0 Å². The van der Waals surface area contributed by atoms with Gasteiger partial charge in [0.15, 0.2) is 0 Å². The first kappa shape index (κ1) is 9.53. The van der Waals surface area contributed by atoms with E-state index in [9.17, 15) is 5.11 Å². The molecular formula is C12H16O2. The van der Waals surface area contributed by atoms with Crippen LogP contribution in [0, 0.1) is 13.8 Å². The van der Waals surface area contributed by atoms with Crippen LogP contribution in [-0.2, 0) is 6.42 Å². The minimum absolute atomic E-state index is 0.293. The molecule has 0 fully saturated rings. The van der Waals surface area contributed by atoms with Crippen molar-refractivity contribution in [2.75, 3.05) is 7.11 Å². The molecule has 14 heavy (non-hydrogen) atoms. The van der Waals surface area contributed by atoms with Crippen molar-refractivity contribution < 1.29 is 9.84 Å². The van der Waals surface area contributed by atoms with Gasteiger partial charge in [0, 0.05) is 5.56 Å². The smallest absolute Gasteiger partial charge is 0.122 e. The lowest BCUT2D eigenvalue weighted by Crippen LogP contribution is -1.99. The number of rotatable bonds is 1. The van der Waals surface area contributed by atoms with Crippen LogP contribution in [0.3, 0.4) is 0 Å². The predicted molar refractivity (Wildman–Crippen MR) is 55.7 cm³/mol. The Hall–Kier alpha value is -1.02. The fourth-order valence-corrected chi connectivity index (χ4v) is 2.28. The van der Waals surface area contributed by atoms with Crippen LogP contribution in [0.1, 0.15) is 34.8 Å². The number of aryl methyl sites for hydroxylation is 1. The number of benzene rings is 1. The number of aliphatic hydroxyl groups is 1. The van der Waals surface area contributed by atoms with E-state index >= 15 is 0 Å². The van der Waals surface area contributed by atoms with E-state index in [0.717, 1.165) is 24.2 Å². The second kappa shape index (κ2) is 3.28. The summed E-state index contributed by atoms with van der Waals surface area (Å²) >= 11 is 0. The first-order valence-electron chi connectivity index (χ1n) is 5.00. The molecule has 1 aromatic carbocycles. The molecule has 2 rings (SSSR count). The van der Waals surface area contributed by atoms with E-state index in [4.69, 9.17) is 4.74 Å². The van der Waals surface area contributed by atoms with Crippen molar-refractivity contribution in [2.45, 2.75) is 32.8 Å². The van der Waals surface area contributed by atoms with Gasteiger partial charge in [-0.05, 0) is 49.4 Å². The number of hydrogen-bond donors (Lipinski definition) is 1. The summed E-state index contributed by atoms with van der Waals surface area (Å²) in [6, 6.07) is 2.06. The highest BCUT2D eigenvalue weighted by atomic mass is 16.5. The van der Waals surface area contributed by atoms with Crippen LogP contribution >= 0.6 is 0 Å². The second-order valence-electron chi connectivity index (χ2n) is 3.97. The molecule has 1 N–H and O–H groups in total. The quantitative estimate of drug-likeness (QED) is 0.739. The van der Waals surface area contributed by atoms with Crippen molar-refractivity contribution in [3.8, 4) is 5.75 Å². The molecule has 1 aromatic rings. The third-order valence-electron chi connectivity index (χ3n) is 3.19. The van der Waals surface area contributed by atoms with E-state index < -0.39 is 0 Å². The molecule has 0 aromatic heterocycles. The van der Waals surface area contributed by atoms with E-state index in [1.807, 2.05) is 0 Å². The van der Waals surface area contributed by atoms with Gasteiger partial charge in [-0.2, -0.15) is 0 Å². The highest BCUT2D eigenvalue weighted by Crippen LogP contribution is 2.40. The average Bonchev–Trinajstić information content (AvgIpc) is 2.54. The number of fused-ring (bicyclic) bond motifs is 1. The van der Waals surface area contributed by atoms with Crippen molar-refractivity contribution in [2.24, 2.45) is 0 Å². The molecule has 1 aliphatic carbocycles. The molecule has 2 nitrogen and oxygen atoms in total. The predicted octanol–water partition coefficient (Wildman–Crippen LogP) is 2.29. The Morgan fingerprint density at radius 3 is 2.79 bits per heavy atom. The summed E-state index contributed by atoms with van der Waals surface area (Å²) in [7, 11) is 1.69. The molecular weight excluding hydrogens is 176 g/mol. The summed E-state index contributed by atoms with van der Waals surface area (Å²) in [4.78, 5) is 0. The maximum Gasteiger partial charge on any atom is 0.122 e. The number of methoxy groups -OCH3 is 1. The number of hydrogen-bond acceptors (Lipinski definition) is 2. The van der Waals surface area contributed by atoms with Crippen LogP contribution in [0.15, 0.2) is 6.07 Å². The SMILES string of the molecule is COc1cc(C)c(C)c2c1CCC2O. The van der Waals surface area contributed by atoms with E-state index in [2.05, 4.69) is 19.9 Å². The zero-order valence-corrected chi connectivity index (χ0v) is 8.92. The Morgan fingerprint density at radius 2 is 2.14 bits per heavy atom. The Labute approximate surface area is 84.5 Å². The van der Waals surface area contributed by atoms with Crippen molar-refractivity contribution in [1.82, 2.24) is 0 Å². The van der Waals surface area contributed by atoms with Crippen LogP contribution < -0.4 is 4.74 Å². The van der Waals surface area contributed by atoms with Gasteiger partial charge in [-0.25, -0.2) is 0 Å². The molecule has 0 radical (unpaired) electrons. The Morgan fingerprint density at radius 1 is 1.43 bits per heavy atom. The van der Waals surface area contributed by atoms with Gasteiger partial charge in [-0.1, -0.05) is 0 Å². The minimum Gasteiger partial charge on any atom is -0.496 e. The molecule has 0 amide bonds. The zero-order chi connectivity index (χ0) is 10.3. The van der Waals surface area contributed by atoms with Gasteiger partial charge < -0.3 is 9.84 Å². The largest absolute Gasteiger partial charge is 0.496 e. The summed E-state index contributed by atoms with van der Waals surface area (Å²) in [5, 5.41) is 9.85. The van der Waals surface area contributed by atoms with Gasteiger partial charge in [0.05, 0.1) is 13.2 Å². The van der Waals surface area contributed by atoms with Crippen molar-refractivity contribution >= 4 is 0 Å². The molecule has 0 bridgehead atoms. The lowest BCUT2D eigenvalue weighted by Gasteiger charge is -2.14. The lowest BCUT2D eigenvalue weighted by molar-refractivity contribution is 0.179. The molecule has 0 aliphatic heterocycles. The molecule has 0 heterocycles. The molecule has 1 aliphatic rings. The fraction of sp³-hybridized carbons (Fsp3) is 0.500. The third-order valence-corrected chi connectivity index (χ3v) is 3.19. The van der Waals surface area contributed by atoms with Gasteiger partial charge >= 0.3 is 0 Å². The minimum atomic E-state index is -0.293. The summed E-state index contributed by atoms with van der Waals surface area (Å²) in [6.45, 7) is 4.13. The normalized spacial score (nSPS) is 19.6. The molecule has 2 heteroatoms. The lowest BCUT2D eigenvalue weighted by atomic mass is 9.98. The van der Waals surface area contributed by atoms with Crippen molar-refractivity contribution in [3.05, 3.63) is 28.3 Å². The maximum atomic E-state index is 9.85. The first-order valence-corrected chi connectivity index (χ1v) is 5.00. The van der Waals surface area contributed by atoms with Gasteiger partial charge in [-0.15, -0.1) is 0 Å². The molecule has 1 atom stereocenters. The van der Waals surface area contributed by atoms with E-state index in [1.165, 1.54) is 16.7 Å². The highest BCUT2D eigenvalue weighted by molar-refractivity contribution is 5.52. The van der Waals surface area contributed by atoms with Crippen molar-refractivity contribution in [1.29, 1.82) is 0 Å². The Bertz CT molecular complexity index is 369. The van der Waals surface area contributed by atoms with Gasteiger partial charge in [0.25, 0.3) is 0 Å². The second-order valence-corrected chi connectivity index (χ2v) is 3.97. The van der Waals surface area contributed by atoms with Crippen molar-refractivity contribution in [3.63, 3.8) is 0 Å². The topological polar surface area (TPSA) is 29.5 Å². The molecule has 0 spiro atoms. The Kier molecular flexibility index (Phi) is 2.23. The van der Waals surface area contributed by atoms with Gasteiger partial charge in [0.2, 0.25) is 0 Å². The third kappa shape index (κ3) is 1.22. The summed E-state index contributed by atoms with van der Waals surface area (Å²) < 4.78 is 5.33. The summed E-state index contributed by atoms with van der Waals surface area (Å²) in [6.07, 6.45) is 1.47. The zero-order valence-electron chi connectivity index (χ0n) is 8.92.